The zero-order valence-electron chi connectivity index (χ0n) is 17.8. The zero-order valence-corrected chi connectivity index (χ0v) is 17.8. The Morgan fingerprint density at radius 1 is 1.00 bits per heavy atom. The van der Waals surface area contributed by atoms with Crippen LogP contribution in [0.15, 0.2) is 71.8 Å². The van der Waals surface area contributed by atoms with Crippen LogP contribution >= 0.6 is 0 Å². The van der Waals surface area contributed by atoms with E-state index in [1.54, 1.807) is 18.3 Å². The van der Waals surface area contributed by atoms with Gasteiger partial charge in [-0.3, -0.25) is 19.3 Å². The number of Topliss-reactive ketones (excluding diaryl/α,β-unsaturated/α-hetero) is 1. The van der Waals surface area contributed by atoms with Crippen molar-refractivity contribution >= 4 is 27.7 Å². The van der Waals surface area contributed by atoms with Crippen LogP contribution in [0.1, 0.15) is 18.2 Å². The van der Waals surface area contributed by atoms with E-state index in [2.05, 4.69) is 15.0 Å². The van der Waals surface area contributed by atoms with Gasteiger partial charge in [-0.25, -0.2) is 4.79 Å². The summed E-state index contributed by atoms with van der Waals surface area (Å²) in [5.41, 5.74) is 2.33. The Labute approximate surface area is 190 Å². The van der Waals surface area contributed by atoms with Gasteiger partial charge in [-0.05, 0) is 48.9 Å². The minimum absolute atomic E-state index is 0.0134. The van der Waals surface area contributed by atoms with Crippen molar-refractivity contribution < 1.29 is 18.0 Å². The summed E-state index contributed by atoms with van der Waals surface area (Å²) in [4.78, 5) is 35.5. The fraction of sp³-hybridized carbons (Fsp3) is 0.120. The van der Waals surface area contributed by atoms with Crippen LogP contribution < -0.4 is 5.69 Å². The molecular weight excluding hydrogens is 445 g/mol. The minimum Gasteiger partial charge on any atom is -0.304 e. The highest BCUT2D eigenvalue weighted by Gasteiger charge is 2.30. The number of hydrogen-bond acceptors (Lipinski definition) is 4. The molecule has 0 saturated heterocycles. The molecular formula is C25H17F3N4O2. The highest BCUT2D eigenvalue weighted by atomic mass is 19.4. The monoisotopic (exact) mass is 462 g/mol. The average Bonchev–Trinajstić information content (AvgIpc) is 3.14. The molecule has 0 fully saturated rings. The summed E-state index contributed by atoms with van der Waals surface area (Å²) in [5.74, 6) is 0.0134. The molecule has 9 heteroatoms. The Morgan fingerprint density at radius 2 is 1.79 bits per heavy atom. The van der Waals surface area contributed by atoms with Crippen molar-refractivity contribution in [3.63, 3.8) is 0 Å². The van der Waals surface area contributed by atoms with Gasteiger partial charge in [0.15, 0.2) is 0 Å². The molecule has 0 saturated carbocycles. The number of carbonyl (C=O) groups excluding carboxylic acids is 1. The summed E-state index contributed by atoms with van der Waals surface area (Å²) >= 11 is 0. The Bertz CT molecular complexity index is 1620. The number of aromatic amines is 1. The number of pyridine rings is 2. The highest BCUT2D eigenvalue weighted by molar-refractivity contribution is 6.04. The van der Waals surface area contributed by atoms with Crippen molar-refractivity contribution in [3.8, 4) is 16.8 Å². The number of imidazole rings is 1. The molecule has 34 heavy (non-hydrogen) atoms. The number of H-pyrrole nitrogens is 1. The molecule has 2 aromatic carbocycles. The van der Waals surface area contributed by atoms with E-state index in [0.29, 0.717) is 27.6 Å². The van der Waals surface area contributed by atoms with Crippen LogP contribution in [0.25, 0.3) is 38.8 Å². The van der Waals surface area contributed by atoms with Gasteiger partial charge in [0.25, 0.3) is 0 Å². The number of fused-ring (bicyclic) bond motifs is 3. The smallest absolute Gasteiger partial charge is 0.304 e. The Balaban J connectivity index is 1.70. The normalized spacial score (nSPS) is 11.9. The summed E-state index contributed by atoms with van der Waals surface area (Å²) in [6.45, 7) is 1.50. The predicted molar refractivity (Wildman–Crippen MR) is 122 cm³/mol. The molecule has 0 atom stereocenters. The molecule has 5 aromatic rings. The number of rotatable bonds is 4. The number of alkyl halides is 3. The van der Waals surface area contributed by atoms with Gasteiger partial charge in [-0.15, -0.1) is 0 Å². The van der Waals surface area contributed by atoms with Crippen molar-refractivity contribution in [2.75, 3.05) is 0 Å². The molecule has 5 rings (SSSR count). The molecule has 3 heterocycles. The van der Waals surface area contributed by atoms with Crippen LogP contribution in [0, 0.1) is 0 Å². The third kappa shape index (κ3) is 3.85. The van der Waals surface area contributed by atoms with Gasteiger partial charge in [-0.2, -0.15) is 13.2 Å². The topological polar surface area (TPSA) is 80.6 Å². The fourth-order valence-electron chi connectivity index (χ4n) is 3.99. The van der Waals surface area contributed by atoms with Crippen LogP contribution in [0.2, 0.25) is 0 Å². The second-order valence-electron chi connectivity index (χ2n) is 7.98. The summed E-state index contributed by atoms with van der Waals surface area (Å²) < 4.78 is 41.1. The predicted octanol–water partition coefficient (Wildman–Crippen LogP) is 5.08. The van der Waals surface area contributed by atoms with E-state index in [1.807, 2.05) is 18.2 Å². The van der Waals surface area contributed by atoms with Gasteiger partial charge in [-0.1, -0.05) is 18.2 Å². The van der Waals surface area contributed by atoms with Crippen LogP contribution in [0.4, 0.5) is 13.2 Å². The third-order valence-electron chi connectivity index (χ3n) is 5.53. The lowest BCUT2D eigenvalue weighted by Crippen LogP contribution is -2.15. The van der Waals surface area contributed by atoms with E-state index < -0.39 is 17.4 Å². The number of halogens is 3. The fourth-order valence-corrected chi connectivity index (χ4v) is 3.99. The van der Waals surface area contributed by atoms with Gasteiger partial charge < -0.3 is 4.98 Å². The zero-order chi connectivity index (χ0) is 24.0. The van der Waals surface area contributed by atoms with Crippen molar-refractivity contribution in [2.24, 2.45) is 0 Å². The lowest BCUT2D eigenvalue weighted by Gasteiger charge is -2.11. The second kappa shape index (κ2) is 7.95. The highest BCUT2D eigenvalue weighted by Crippen LogP contribution is 2.32. The van der Waals surface area contributed by atoms with Crippen LogP contribution in [0.3, 0.4) is 0 Å². The molecule has 0 aliphatic rings. The van der Waals surface area contributed by atoms with Crippen molar-refractivity contribution in [2.45, 2.75) is 19.5 Å². The number of hydrogen-bond donors (Lipinski definition) is 1. The first-order valence-electron chi connectivity index (χ1n) is 10.4. The van der Waals surface area contributed by atoms with E-state index in [9.17, 15) is 22.8 Å². The van der Waals surface area contributed by atoms with E-state index in [-0.39, 0.29) is 17.9 Å². The molecule has 0 spiro atoms. The lowest BCUT2D eigenvalue weighted by molar-refractivity contribution is -0.137. The molecule has 0 bridgehead atoms. The average molecular weight is 462 g/mol. The summed E-state index contributed by atoms with van der Waals surface area (Å²) in [6.07, 6.45) is -1.15. The quantitative estimate of drug-likeness (QED) is 0.404. The first-order valence-corrected chi connectivity index (χ1v) is 10.4. The minimum atomic E-state index is -4.54. The molecule has 0 aliphatic carbocycles. The molecule has 1 N–H and O–H groups in total. The van der Waals surface area contributed by atoms with Crippen LogP contribution in [-0.2, 0) is 17.4 Å². The van der Waals surface area contributed by atoms with E-state index in [4.69, 9.17) is 0 Å². The molecule has 0 aliphatic heterocycles. The number of nitrogens with one attached hydrogen (secondary N) is 1. The SMILES string of the molecule is CC(=O)Cc1ccc(-c2ccc3ncc4[nH]c(=O)n(-c5cccc(C(F)(F)F)c5)c4c3c2)cn1. The van der Waals surface area contributed by atoms with Gasteiger partial charge in [0.05, 0.1) is 34.0 Å². The largest absolute Gasteiger partial charge is 0.416 e. The summed E-state index contributed by atoms with van der Waals surface area (Å²) in [6, 6.07) is 13.7. The van der Waals surface area contributed by atoms with Crippen LogP contribution in [-0.4, -0.2) is 25.3 Å². The van der Waals surface area contributed by atoms with Crippen LogP contribution in [0.5, 0.6) is 0 Å². The van der Waals surface area contributed by atoms with Gasteiger partial charge in [0.1, 0.15) is 5.78 Å². The molecule has 6 nitrogen and oxygen atoms in total. The first-order chi connectivity index (χ1) is 16.2. The summed E-state index contributed by atoms with van der Waals surface area (Å²) in [7, 11) is 0. The molecule has 0 unspecified atom stereocenters. The second-order valence-corrected chi connectivity index (χ2v) is 7.98. The van der Waals surface area contributed by atoms with Crippen molar-refractivity contribution in [3.05, 3.63) is 88.7 Å². The lowest BCUT2D eigenvalue weighted by atomic mass is 10.0. The Hall–Kier alpha value is -4.27. The van der Waals surface area contributed by atoms with E-state index in [1.165, 1.54) is 29.8 Å². The van der Waals surface area contributed by atoms with Crippen molar-refractivity contribution in [1.29, 1.82) is 0 Å². The number of nitrogens with zero attached hydrogens (tertiary/aromatic N) is 3. The van der Waals surface area contributed by atoms with Crippen molar-refractivity contribution in [1.82, 2.24) is 19.5 Å². The molecule has 0 amide bonds. The molecule has 3 aromatic heterocycles. The Morgan fingerprint density at radius 3 is 2.50 bits per heavy atom. The number of benzene rings is 2. The van der Waals surface area contributed by atoms with E-state index >= 15 is 0 Å². The maximum atomic E-state index is 13.3. The molecule has 170 valence electrons. The number of ketones is 1. The van der Waals surface area contributed by atoms with Gasteiger partial charge in [0, 0.05) is 29.3 Å². The maximum absolute atomic E-state index is 13.3. The van der Waals surface area contributed by atoms with E-state index in [0.717, 1.165) is 23.3 Å². The first kappa shape index (κ1) is 21.6. The number of aromatic nitrogens is 4. The molecule has 0 radical (unpaired) electrons. The maximum Gasteiger partial charge on any atom is 0.416 e. The van der Waals surface area contributed by atoms with Gasteiger partial charge >= 0.3 is 11.9 Å². The van der Waals surface area contributed by atoms with Gasteiger partial charge in [0.2, 0.25) is 0 Å². The summed E-state index contributed by atoms with van der Waals surface area (Å²) in [5, 5.41) is 0.596. The third-order valence-corrected chi connectivity index (χ3v) is 5.53. The Kier molecular flexibility index (Phi) is 5.04. The standard InChI is InChI=1S/C25H17F3N4O2/c1-14(33)9-18-7-5-16(12-29-18)15-6-8-21-20(10-15)23-22(13-30-21)31-24(34)32(23)19-4-2-3-17(11-19)25(26,27)28/h2-8,10-13H,9H2,1H3,(H,31,34). The number of carbonyl (C=O) groups is 1.